The monoisotopic (exact) mass is 590 g/mol. The Balaban J connectivity index is 0.000000619. The topological polar surface area (TPSA) is 107 Å². The quantitative estimate of drug-likeness (QED) is 0.302. The summed E-state index contributed by atoms with van der Waals surface area (Å²) in [5.41, 5.74) is -0.963. The van der Waals surface area contributed by atoms with Gasteiger partial charge in [0.25, 0.3) is 0 Å². The molecule has 2 fully saturated rings. The molecule has 0 spiro atoms. The van der Waals surface area contributed by atoms with Crippen molar-refractivity contribution in [1.29, 1.82) is 0 Å². The lowest BCUT2D eigenvalue weighted by atomic mass is 10.2. The third-order valence-electron chi connectivity index (χ3n) is 4.35. The zero-order valence-corrected chi connectivity index (χ0v) is 24.5. The van der Waals surface area contributed by atoms with Gasteiger partial charge >= 0.3 is 12.2 Å². The Kier molecular flexibility index (Phi) is 17.3. The molecule has 2 rings (SSSR count). The molecule has 11 heteroatoms. The lowest BCUT2D eigenvalue weighted by Gasteiger charge is -2.34. The van der Waals surface area contributed by atoms with Gasteiger partial charge in [0.1, 0.15) is 17.8 Å². The van der Waals surface area contributed by atoms with Crippen molar-refractivity contribution in [2.24, 2.45) is 0 Å². The van der Waals surface area contributed by atoms with Gasteiger partial charge in [-0.1, -0.05) is 27.8 Å². The summed E-state index contributed by atoms with van der Waals surface area (Å²) < 4.78 is 26.5. The van der Waals surface area contributed by atoms with Crippen LogP contribution >= 0.6 is 15.9 Å². The molecule has 10 nitrogen and oxygen atoms in total. The Labute approximate surface area is 230 Å². The van der Waals surface area contributed by atoms with Gasteiger partial charge in [0.15, 0.2) is 0 Å². The molecule has 2 amide bonds. The first-order valence-electron chi connectivity index (χ1n) is 12.1. The summed E-state index contributed by atoms with van der Waals surface area (Å²) in [5, 5.41) is 9.58. The molecule has 2 saturated heterocycles. The first kappa shape index (κ1) is 35.0. The van der Waals surface area contributed by atoms with Crippen LogP contribution < -0.4 is 0 Å². The maximum absolute atomic E-state index is 11.9. The number of hydrogen-bond acceptors (Lipinski definition) is 8. The number of nitrogens with zero attached hydrogens (tertiary/aromatic N) is 2. The largest absolute Gasteiger partial charge is 0.444 e. The minimum absolute atomic E-state index is 0.0701. The Morgan fingerprint density at radius 1 is 0.919 bits per heavy atom. The van der Waals surface area contributed by atoms with Crippen molar-refractivity contribution in [3.05, 3.63) is 0 Å². The highest BCUT2D eigenvalue weighted by Gasteiger charge is 2.29. The van der Waals surface area contributed by atoms with Crippen LogP contribution in [0.4, 0.5) is 9.59 Å². The maximum atomic E-state index is 11.9. The van der Waals surface area contributed by atoms with Crippen molar-refractivity contribution in [3.8, 4) is 24.7 Å². The van der Waals surface area contributed by atoms with Crippen molar-refractivity contribution < 1.29 is 38.4 Å². The van der Waals surface area contributed by atoms with Crippen molar-refractivity contribution in [2.75, 3.05) is 64.5 Å². The average Bonchev–Trinajstić information content (AvgIpc) is 2.83. The molecule has 2 aliphatic heterocycles. The first-order valence-corrected chi connectivity index (χ1v) is 13.2. The molecule has 2 atom stereocenters. The second-order valence-electron chi connectivity index (χ2n) is 10.1. The molecule has 212 valence electrons. The molecule has 2 aliphatic rings. The Hall–Kier alpha value is -2.02. The van der Waals surface area contributed by atoms with Crippen LogP contribution in [0.15, 0.2) is 0 Å². The number of ether oxygens (including phenoxy) is 5. The van der Waals surface area contributed by atoms with E-state index in [1.54, 1.807) is 9.80 Å². The van der Waals surface area contributed by atoms with Gasteiger partial charge in [-0.15, -0.1) is 12.8 Å². The van der Waals surface area contributed by atoms with E-state index in [-0.39, 0.29) is 37.6 Å². The van der Waals surface area contributed by atoms with Crippen LogP contribution in [0.25, 0.3) is 0 Å². The third kappa shape index (κ3) is 18.0. The Morgan fingerprint density at radius 3 is 1.73 bits per heavy atom. The summed E-state index contributed by atoms with van der Waals surface area (Å²) in [6, 6.07) is 0. The van der Waals surface area contributed by atoms with E-state index in [2.05, 4.69) is 27.8 Å². The van der Waals surface area contributed by atoms with E-state index in [9.17, 15) is 9.59 Å². The molecule has 0 aromatic carbocycles. The van der Waals surface area contributed by atoms with Crippen LogP contribution in [-0.2, 0) is 23.7 Å². The molecule has 1 N–H and O–H groups in total. The van der Waals surface area contributed by atoms with E-state index in [1.165, 1.54) is 0 Å². The summed E-state index contributed by atoms with van der Waals surface area (Å²) in [6.07, 6.45) is 8.74. The summed E-state index contributed by atoms with van der Waals surface area (Å²) in [4.78, 5) is 26.7. The third-order valence-corrected chi connectivity index (χ3v) is 4.67. The van der Waals surface area contributed by atoms with Crippen molar-refractivity contribution >= 4 is 28.1 Å². The van der Waals surface area contributed by atoms with Gasteiger partial charge in [-0.25, -0.2) is 9.59 Å². The average molecular weight is 592 g/mol. The summed E-state index contributed by atoms with van der Waals surface area (Å²) in [7, 11) is 0. The van der Waals surface area contributed by atoms with E-state index >= 15 is 0 Å². The number of halogens is 1. The summed E-state index contributed by atoms with van der Waals surface area (Å²) >= 11 is 3.01. The molecule has 2 heterocycles. The van der Waals surface area contributed by atoms with Crippen molar-refractivity contribution in [3.63, 3.8) is 0 Å². The van der Waals surface area contributed by atoms with Gasteiger partial charge in [0.05, 0.1) is 57.1 Å². The van der Waals surface area contributed by atoms with E-state index in [1.807, 2.05) is 41.5 Å². The van der Waals surface area contributed by atoms with Gasteiger partial charge < -0.3 is 38.6 Å². The predicted octanol–water partition coefficient (Wildman–Crippen LogP) is 2.90. The van der Waals surface area contributed by atoms with E-state index in [0.29, 0.717) is 51.3 Å². The molecule has 0 radical (unpaired) electrons. The molecule has 0 unspecified atom stereocenters. The zero-order chi connectivity index (χ0) is 28.5. The number of aliphatic hydroxyl groups is 1. The van der Waals surface area contributed by atoms with Crippen LogP contribution in [0, 0.1) is 24.7 Å². The van der Waals surface area contributed by atoms with Gasteiger partial charge in [-0.2, -0.15) is 0 Å². The summed E-state index contributed by atoms with van der Waals surface area (Å²) in [6.45, 7) is 14.5. The molecule has 0 bridgehead atoms. The van der Waals surface area contributed by atoms with Gasteiger partial charge in [0.2, 0.25) is 0 Å². The minimum atomic E-state index is -0.482. The van der Waals surface area contributed by atoms with E-state index < -0.39 is 11.2 Å². The van der Waals surface area contributed by atoms with Gasteiger partial charge in [-0.3, -0.25) is 0 Å². The van der Waals surface area contributed by atoms with Crippen LogP contribution in [0.2, 0.25) is 0 Å². The zero-order valence-electron chi connectivity index (χ0n) is 23.0. The van der Waals surface area contributed by atoms with Crippen LogP contribution in [0.5, 0.6) is 0 Å². The second kappa shape index (κ2) is 18.3. The Bertz CT molecular complexity index is 752. The standard InChI is InChI=1S/C13H21NO4.C10H19NO4.C3H3Br/c1-5-7-16-10-11-9-14(6-8-17-11)12(15)18-13(2,3)4;1-10(2,3)15-9(13)11-4-5-14-8(6-11)7-12;1-2-3-4/h1,11H,6-10H2,2-4H3;8,12H,4-7H2,1-3H3;1H,3H2/t11-;8-;/m11./s1. The number of hydrogen-bond donors (Lipinski definition) is 1. The Morgan fingerprint density at radius 2 is 1.35 bits per heavy atom. The number of aliphatic hydroxyl groups excluding tert-OH is 1. The molecular weight excluding hydrogens is 548 g/mol. The lowest BCUT2D eigenvalue weighted by Crippen LogP contribution is -2.48. The van der Waals surface area contributed by atoms with E-state index in [4.69, 9.17) is 41.6 Å². The first-order chi connectivity index (χ1) is 17.3. The van der Waals surface area contributed by atoms with Crippen molar-refractivity contribution in [1.82, 2.24) is 9.80 Å². The molecule has 0 aromatic rings. The smallest absolute Gasteiger partial charge is 0.410 e. The highest BCUT2D eigenvalue weighted by atomic mass is 79.9. The number of rotatable bonds is 4. The SMILES string of the molecule is C#CCBr.C#CCOC[C@H]1CN(C(=O)OC(C)(C)C)CCO1.CC(C)(C)OC(=O)N1CCO[C@@H](CO)C1. The number of carbonyl (C=O) groups excluding carboxylic acids is 2. The number of terminal acetylenes is 2. The van der Waals surface area contributed by atoms with Gasteiger partial charge in [-0.05, 0) is 41.5 Å². The molecule has 0 saturated carbocycles. The predicted molar refractivity (Wildman–Crippen MR) is 144 cm³/mol. The number of amides is 2. The molecule has 0 aliphatic carbocycles. The molecule has 37 heavy (non-hydrogen) atoms. The number of alkyl halides is 1. The second-order valence-corrected chi connectivity index (χ2v) is 10.6. The maximum Gasteiger partial charge on any atom is 0.410 e. The normalized spacial score (nSPS) is 19.6. The van der Waals surface area contributed by atoms with Crippen molar-refractivity contribution in [2.45, 2.75) is 65.0 Å². The van der Waals surface area contributed by atoms with Crippen LogP contribution in [0.1, 0.15) is 41.5 Å². The highest BCUT2D eigenvalue weighted by molar-refractivity contribution is 9.09. The molecular formula is C26H43BrN2O8. The number of carbonyl (C=O) groups is 2. The van der Waals surface area contributed by atoms with Crippen LogP contribution in [0.3, 0.4) is 0 Å². The van der Waals surface area contributed by atoms with Gasteiger partial charge in [0, 0.05) is 13.1 Å². The fraction of sp³-hybridized carbons (Fsp3) is 0.769. The lowest BCUT2D eigenvalue weighted by molar-refractivity contribution is -0.0689. The fourth-order valence-electron chi connectivity index (χ4n) is 2.88. The molecule has 0 aromatic heterocycles. The minimum Gasteiger partial charge on any atom is -0.444 e. The van der Waals surface area contributed by atoms with Crippen LogP contribution in [-0.4, -0.2) is 115 Å². The summed E-state index contributed by atoms with van der Waals surface area (Å²) in [5.74, 6) is 4.74. The number of morpholine rings is 2. The van der Waals surface area contributed by atoms with E-state index in [0.717, 1.165) is 0 Å². The highest BCUT2D eigenvalue weighted by Crippen LogP contribution is 2.14. The fourth-order valence-corrected chi connectivity index (χ4v) is 2.88.